The second kappa shape index (κ2) is 7.10. The van der Waals surface area contributed by atoms with Crippen LogP contribution in [0.5, 0.6) is 0 Å². The van der Waals surface area contributed by atoms with E-state index in [4.69, 9.17) is 4.74 Å². The van der Waals surface area contributed by atoms with Gasteiger partial charge in [0, 0.05) is 6.42 Å². The second-order valence-corrected chi connectivity index (χ2v) is 2.83. The maximum Gasteiger partial charge on any atom is 0.305 e. The van der Waals surface area contributed by atoms with Gasteiger partial charge in [-0.25, -0.2) is 0 Å². The number of ether oxygens (including phenoxy) is 1. The molecule has 0 aliphatic rings. The van der Waals surface area contributed by atoms with Crippen molar-refractivity contribution in [2.75, 3.05) is 6.61 Å². The van der Waals surface area contributed by atoms with Crippen LogP contribution in [0.25, 0.3) is 0 Å². The van der Waals surface area contributed by atoms with Crippen molar-refractivity contribution in [2.45, 2.75) is 45.6 Å². The molecule has 72 valence electrons. The summed E-state index contributed by atoms with van der Waals surface area (Å²) < 4.78 is 4.76. The van der Waals surface area contributed by atoms with E-state index in [-0.39, 0.29) is 12.6 Å². The lowest BCUT2D eigenvalue weighted by atomic mass is 10.2. The number of esters is 1. The largest absolute Gasteiger partial charge is 0.463 e. The molecule has 0 saturated carbocycles. The fourth-order valence-electron chi connectivity index (χ4n) is 0.814. The molecule has 0 rings (SSSR count). The van der Waals surface area contributed by atoms with Crippen LogP contribution in [0.2, 0.25) is 0 Å². The van der Waals surface area contributed by atoms with Crippen molar-refractivity contribution < 1.29 is 14.6 Å². The summed E-state index contributed by atoms with van der Waals surface area (Å²) in [6, 6.07) is 0. The predicted molar refractivity (Wildman–Crippen MR) is 46.8 cm³/mol. The van der Waals surface area contributed by atoms with Crippen molar-refractivity contribution in [3.05, 3.63) is 0 Å². The van der Waals surface area contributed by atoms with Gasteiger partial charge in [-0.3, -0.25) is 4.79 Å². The molecule has 1 atom stereocenters. The standard InChI is InChI=1S/C9H18O3/c1-3-5-6-8(10)7-12-9(11)4-2/h8,10H,3-7H2,1-2H3. The first-order chi connectivity index (χ1) is 5.70. The number of hydrogen-bond acceptors (Lipinski definition) is 3. The third-order valence-corrected chi connectivity index (χ3v) is 1.62. The number of hydrogen-bond donors (Lipinski definition) is 1. The normalized spacial score (nSPS) is 12.6. The molecule has 0 amide bonds. The molecule has 1 unspecified atom stereocenters. The summed E-state index contributed by atoms with van der Waals surface area (Å²) in [6.07, 6.45) is 2.64. The number of aliphatic hydroxyl groups excluding tert-OH is 1. The number of carbonyl (C=O) groups excluding carboxylic acids is 1. The highest BCUT2D eigenvalue weighted by Crippen LogP contribution is 2.00. The van der Waals surface area contributed by atoms with Gasteiger partial charge in [-0.05, 0) is 6.42 Å². The van der Waals surface area contributed by atoms with Crippen LogP contribution in [0, 0.1) is 0 Å². The molecule has 0 aromatic heterocycles. The summed E-state index contributed by atoms with van der Waals surface area (Å²) in [4.78, 5) is 10.7. The average Bonchev–Trinajstić information content (AvgIpc) is 2.10. The number of unbranched alkanes of at least 4 members (excludes halogenated alkanes) is 1. The summed E-state index contributed by atoms with van der Waals surface area (Å²) in [5, 5.41) is 9.25. The van der Waals surface area contributed by atoms with Crippen LogP contribution in [-0.2, 0) is 9.53 Å². The molecule has 1 N–H and O–H groups in total. The summed E-state index contributed by atoms with van der Waals surface area (Å²) in [5.41, 5.74) is 0. The van der Waals surface area contributed by atoms with Gasteiger partial charge in [0.25, 0.3) is 0 Å². The molecule has 0 spiro atoms. The molecule has 0 aliphatic carbocycles. The first-order valence-electron chi connectivity index (χ1n) is 4.54. The predicted octanol–water partition coefficient (Wildman–Crippen LogP) is 1.49. The van der Waals surface area contributed by atoms with Gasteiger partial charge >= 0.3 is 5.97 Å². The van der Waals surface area contributed by atoms with Crippen LogP contribution in [0.15, 0.2) is 0 Å². The molecule has 0 aromatic rings. The monoisotopic (exact) mass is 174 g/mol. The van der Waals surface area contributed by atoms with Crippen molar-refractivity contribution in [3.8, 4) is 0 Å². The van der Waals surface area contributed by atoms with E-state index in [0.717, 1.165) is 12.8 Å². The molecule has 3 nitrogen and oxygen atoms in total. The molecule has 3 heteroatoms. The number of rotatable bonds is 6. The van der Waals surface area contributed by atoms with E-state index < -0.39 is 6.10 Å². The summed E-state index contributed by atoms with van der Waals surface area (Å²) >= 11 is 0. The van der Waals surface area contributed by atoms with Gasteiger partial charge in [-0.15, -0.1) is 0 Å². The third-order valence-electron chi connectivity index (χ3n) is 1.62. The van der Waals surface area contributed by atoms with Crippen LogP contribution in [-0.4, -0.2) is 23.8 Å². The molecular weight excluding hydrogens is 156 g/mol. The highest BCUT2D eigenvalue weighted by atomic mass is 16.5. The Kier molecular flexibility index (Phi) is 6.76. The van der Waals surface area contributed by atoms with Crippen molar-refractivity contribution in [1.82, 2.24) is 0 Å². The molecule has 0 bridgehead atoms. The van der Waals surface area contributed by atoms with E-state index in [0.29, 0.717) is 12.8 Å². The van der Waals surface area contributed by atoms with Crippen molar-refractivity contribution in [3.63, 3.8) is 0 Å². The fourth-order valence-corrected chi connectivity index (χ4v) is 0.814. The third kappa shape index (κ3) is 6.16. The van der Waals surface area contributed by atoms with Gasteiger partial charge in [-0.1, -0.05) is 26.7 Å². The lowest BCUT2D eigenvalue weighted by Crippen LogP contribution is -2.17. The molecule has 0 aromatic carbocycles. The second-order valence-electron chi connectivity index (χ2n) is 2.83. The van der Waals surface area contributed by atoms with Gasteiger partial charge < -0.3 is 9.84 Å². The molecule has 12 heavy (non-hydrogen) atoms. The first kappa shape index (κ1) is 11.4. The highest BCUT2D eigenvalue weighted by Gasteiger charge is 2.05. The summed E-state index contributed by atoms with van der Waals surface area (Å²) in [6.45, 7) is 3.94. The Bertz CT molecular complexity index is 123. The Balaban J connectivity index is 3.30. The van der Waals surface area contributed by atoms with Gasteiger partial charge in [0.1, 0.15) is 6.61 Å². The van der Waals surface area contributed by atoms with Crippen molar-refractivity contribution >= 4 is 5.97 Å². The molecule has 0 heterocycles. The Labute approximate surface area is 73.7 Å². The Hall–Kier alpha value is -0.570. The minimum Gasteiger partial charge on any atom is -0.463 e. The maximum atomic E-state index is 10.7. The lowest BCUT2D eigenvalue weighted by molar-refractivity contribution is -0.146. The van der Waals surface area contributed by atoms with E-state index >= 15 is 0 Å². The average molecular weight is 174 g/mol. The first-order valence-corrected chi connectivity index (χ1v) is 4.54. The molecule has 0 radical (unpaired) electrons. The van der Waals surface area contributed by atoms with Crippen LogP contribution in [0.1, 0.15) is 39.5 Å². The molecular formula is C9H18O3. The van der Waals surface area contributed by atoms with Crippen molar-refractivity contribution in [2.24, 2.45) is 0 Å². The van der Waals surface area contributed by atoms with E-state index in [1.807, 2.05) is 0 Å². The zero-order chi connectivity index (χ0) is 9.40. The fraction of sp³-hybridized carbons (Fsp3) is 0.889. The Morgan fingerprint density at radius 3 is 2.67 bits per heavy atom. The topological polar surface area (TPSA) is 46.5 Å². The van der Waals surface area contributed by atoms with Gasteiger partial charge in [0.05, 0.1) is 6.10 Å². The van der Waals surface area contributed by atoms with Crippen molar-refractivity contribution in [1.29, 1.82) is 0 Å². The van der Waals surface area contributed by atoms with Gasteiger partial charge in [0.2, 0.25) is 0 Å². The quantitative estimate of drug-likeness (QED) is 0.620. The SMILES string of the molecule is CCCCC(O)COC(=O)CC. The molecule has 0 saturated heterocycles. The van der Waals surface area contributed by atoms with Gasteiger partial charge in [0.15, 0.2) is 0 Å². The Morgan fingerprint density at radius 2 is 2.17 bits per heavy atom. The smallest absolute Gasteiger partial charge is 0.305 e. The summed E-state index contributed by atoms with van der Waals surface area (Å²) in [7, 11) is 0. The minimum absolute atomic E-state index is 0.146. The van der Waals surface area contributed by atoms with Crippen LogP contribution in [0.4, 0.5) is 0 Å². The minimum atomic E-state index is -0.486. The zero-order valence-electron chi connectivity index (χ0n) is 7.88. The van der Waals surface area contributed by atoms with E-state index in [9.17, 15) is 9.90 Å². The zero-order valence-corrected chi connectivity index (χ0v) is 7.88. The van der Waals surface area contributed by atoms with E-state index in [1.165, 1.54) is 0 Å². The molecule has 0 fully saturated rings. The van der Waals surface area contributed by atoms with E-state index in [2.05, 4.69) is 6.92 Å². The maximum absolute atomic E-state index is 10.7. The Morgan fingerprint density at radius 1 is 1.50 bits per heavy atom. The van der Waals surface area contributed by atoms with Gasteiger partial charge in [-0.2, -0.15) is 0 Å². The van der Waals surface area contributed by atoms with Crippen LogP contribution in [0.3, 0.4) is 0 Å². The number of carbonyl (C=O) groups is 1. The number of aliphatic hydroxyl groups is 1. The lowest BCUT2D eigenvalue weighted by Gasteiger charge is -2.09. The van der Waals surface area contributed by atoms with Crippen LogP contribution < -0.4 is 0 Å². The summed E-state index contributed by atoms with van der Waals surface area (Å²) in [5.74, 6) is -0.245. The van der Waals surface area contributed by atoms with E-state index in [1.54, 1.807) is 6.92 Å². The van der Waals surface area contributed by atoms with Crippen LogP contribution >= 0.6 is 0 Å². The molecule has 0 aliphatic heterocycles. The highest BCUT2D eigenvalue weighted by molar-refractivity contribution is 5.68.